The number of carbonyl (C=O) groups excluding carboxylic acids is 1. The van der Waals surface area contributed by atoms with Gasteiger partial charge >= 0.3 is 0 Å². The van der Waals surface area contributed by atoms with Gasteiger partial charge in [0, 0.05) is 31.5 Å². The zero-order valence-electron chi connectivity index (χ0n) is 14.8. The number of carbonyl (C=O) groups is 1. The van der Waals surface area contributed by atoms with E-state index in [2.05, 4.69) is 48.3 Å². The lowest BCUT2D eigenvalue weighted by Gasteiger charge is -2.41. The molecule has 24 heavy (non-hydrogen) atoms. The highest BCUT2D eigenvalue weighted by Gasteiger charge is 2.35. The number of hydrogen-bond donors (Lipinski definition) is 1. The van der Waals surface area contributed by atoms with Gasteiger partial charge in [0.05, 0.1) is 5.56 Å². The zero-order chi connectivity index (χ0) is 17.3. The lowest BCUT2D eigenvalue weighted by molar-refractivity contribution is 0.0593. The molecule has 1 aliphatic rings. The van der Waals surface area contributed by atoms with E-state index >= 15 is 0 Å². The molecule has 1 amide bonds. The summed E-state index contributed by atoms with van der Waals surface area (Å²) in [6.45, 7) is 4.22. The van der Waals surface area contributed by atoms with Crippen LogP contribution in [0.1, 0.15) is 42.4 Å². The molecular formula is C20H25N3O. The number of fused-ring (bicyclic) bond motifs is 1. The maximum absolute atomic E-state index is 13.1. The maximum Gasteiger partial charge on any atom is 0.258 e. The van der Waals surface area contributed by atoms with E-state index in [0.29, 0.717) is 0 Å². The molecule has 2 atom stereocenters. The SMILES string of the molecule is CCC(C)N1C(=O)c2ccccc2NC1c1ccc(N(C)C)cc1. The highest BCUT2D eigenvalue weighted by Crippen LogP contribution is 2.35. The van der Waals surface area contributed by atoms with Crippen LogP contribution in [0.15, 0.2) is 48.5 Å². The van der Waals surface area contributed by atoms with Crippen molar-refractivity contribution in [1.82, 2.24) is 4.90 Å². The highest BCUT2D eigenvalue weighted by molar-refractivity contribution is 6.01. The molecule has 0 saturated carbocycles. The van der Waals surface area contributed by atoms with Crippen molar-refractivity contribution in [2.45, 2.75) is 32.5 Å². The summed E-state index contributed by atoms with van der Waals surface area (Å²) in [5, 5.41) is 3.55. The predicted molar refractivity (Wildman–Crippen MR) is 99.5 cm³/mol. The quantitative estimate of drug-likeness (QED) is 0.919. The number of nitrogens with zero attached hydrogens (tertiary/aromatic N) is 2. The number of anilines is 2. The summed E-state index contributed by atoms with van der Waals surface area (Å²) >= 11 is 0. The molecule has 0 bridgehead atoms. The van der Waals surface area contributed by atoms with Crippen LogP contribution < -0.4 is 10.2 Å². The van der Waals surface area contributed by atoms with Crippen LogP contribution in [0.3, 0.4) is 0 Å². The van der Waals surface area contributed by atoms with Crippen LogP contribution in [0.25, 0.3) is 0 Å². The third-order valence-corrected chi connectivity index (χ3v) is 4.75. The smallest absolute Gasteiger partial charge is 0.258 e. The number of hydrogen-bond acceptors (Lipinski definition) is 3. The summed E-state index contributed by atoms with van der Waals surface area (Å²) in [6.07, 6.45) is 0.778. The van der Waals surface area contributed by atoms with Crippen LogP contribution in [-0.2, 0) is 0 Å². The molecule has 3 rings (SSSR count). The van der Waals surface area contributed by atoms with E-state index in [-0.39, 0.29) is 18.1 Å². The lowest BCUT2D eigenvalue weighted by atomic mass is 10.0. The second kappa shape index (κ2) is 6.56. The van der Waals surface area contributed by atoms with Crippen molar-refractivity contribution in [3.63, 3.8) is 0 Å². The summed E-state index contributed by atoms with van der Waals surface area (Å²) in [7, 11) is 4.05. The van der Waals surface area contributed by atoms with E-state index in [4.69, 9.17) is 0 Å². The number of benzene rings is 2. The normalized spacial score (nSPS) is 17.9. The zero-order valence-corrected chi connectivity index (χ0v) is 14.8. The molecule has 0 fully saturated rings. The summed E-state index contributed by atoms with van der Waals surface area (Å²) in [5.41, 5.74) is 3.91. The molecule has 0 saturated heterocycles. The van der Waals surface area contributed by atoms with Crippen LogP contribution in [0.5, 0.6) is 0 Å². The fourth-order valence-electron chi connectivity index (χ4n) is 3.12. The van der Waals surface area contributed by atoms with Gasteiger partial charge in [-0.2, -0.15) is 0 Å². The van der Waals surface area contributed by atoms with Gasteiger partial charge in [0.2, 0.25) is 0 Å². The van der Waals surface area contributed by atoms with Crippen LogP contribution in [0, 0.1) is 0 Å². The third-order valence-electron chi connectivity index (χ3n) is 4.75. The van der Waals surface area contributed by atoms with Gasteiger partial charge in [-0.25, -0.2) is 0 Å². The topological polar surface area (TPSA) is 35.6 Å². The maximum atomic E-state index is 13.1. The Labute approximate surface area is 144 Å². The second-order valence-electron chi connectivity index (χ2n) is 6.55. The van der Waals surface area contributed by atoms with Crippen molar-refractivity contribution >= 4 is 17.3 Å². The van der Waals surface area contributed by atoms with Gasteiger partial charge in [-0.05, 0) is 43.2 Å². The molecule has 2 unspecified atom stereocenters. The average molecular weight is 323 g/mol. The van der Waals surface area contributed by atoms with Gasteiger partial charge in [-0.15, -0.1) is 0 Å². The Hall–Kier alpha value is -2.49. The van der Waals surface area contributed by atoms with Crippen molar-refractivity contribution in [3.05, 3.63) is 59.7 Å². The van der Waals surface area contributed by atoms with Crippen LogP contribution in [0.2, 0.25) is 0 Å². The first-order chi connectivity index (χ1) is 11.5. The van der Waals surface area contributed by atoms with E-state index in [1.165, 1.54) is 0 Å². The van der Waals surface area contributed by atoms with Crippen LogP contribution >= 0.6 is 0 Å². The molecule has 0 spiro atoms. The minimum Gasteiger partial charge on any atom is -0.378 e. The van der Waals surface area contributed by atoms with Crippen molar-refractivity contribution in [3.8, 4) is 0 Å². The molecular weight excluding hydrogens is 298 g/mol. The van der Waals surface area contributed by atoms with Gasteiger partial charge < -0.3 is 15.1 Å². The summed E-state index contributed by atoms with van der Waals surface area (Å²) in [6, 6.07) is 16.3. The first-order valence-corrected chi connectivity index (χ1v) is 8.48. The van der Waals surface area contributed by atoms with Gasteiger partial charge in [0.15, 0.2) is 0 Å². The van der Waals surface area contributed by atoms with Gasteiger partial charge in [0.25, 0.3) is 5.91 Å². The summed E-state index contributed by atoms with van der Waals surface area (Å²) < 4.78 is 0. The first-order valence-electron chi connectivity index (χ1n) is 8.48. The molecule has 1 aliphatic heterocycles. The largest absolute Gasteiger partial charge is 0.378 e. The predicted octanol–water partition coefficient (Wildman–Crippen LogP) is 4.12. The summed E-state index contributed by atoms with van der Waals surface area (Å²) in [5.74, 6) is 0.0976. The average Bonchev–Trinajstić information content (AvgIpc) is 2.61. The molecule has 2 aromatic carbocycles. The van der Waals surface area contributed by atoms with Crippen LogP contribution in [-0.4, -0.2) is 30.9 Å². The lowest BCUT2D eigenvalue weighted by Crippen LogP contribution is -2.47. The Balaban J connectivity index is 2.02. The fraction of sp³-hybridized carbons (Fsp3) is 0.350. The second-order valence-corrected chi connectivity index (χ2v) is 6.55. The van der Waals surface area contributed by atoms with Crippen molar-refractivity contribution in [1.29, 1.82) is 0 Å². The number of para-hydroxylation sites is 1. The van der Waals surface area contributed by atoms with Crippen molar-refractivity contribution in [2.75, 3.05) is 24.3 Å². The van der Waals surface area contributed by atoms with Gasteiger partial charge in [-0.1, -0.05) is 31.2 Å². The van der Waals surface area contributed by atoms with E-state index < -0.39 is 0 Å². The van der Waals surface area contributed by atoms with Crippen molar-refractivity contribution < 1.29 is 4.79 Å². The van der Waals surface area contributed by atoms with E-state index in [1.54, 1.807) is 0 Å². The minimum absolute atomic E-state index is 0.0976. The molecule has 0 radical (unpaired) electrons. The highest BCUT2D eigenvalue weighted by atomic mass is 16.2. The molecule has 1 N–H and O–H groups in total. The summed E-state index contributed by atoms with van der Waals surface area (Å²) in [4.78, 5) is 17.1. The number of rotatable bonds is 4. The van der Waals surface area contributed by atoms with Crippen molar-refractivity contribution in [2.24, 2.45) is 0 Å². The molecule has 4 heteroatoms. The molecule has 2 aromatic rings. The molecule has 0 aliphatic carbocycles. The Morgan fingerprint density at radius 1 is 1.12 bits per heavy atom. The van der Waals surface area contributed by atoms with E-state index in [9.17, 15) is 4.79 Å². The molecule has 1 heterocycles. The fourth-order valence-corrected chi connectivity index (χ4v) is 3.12. The third kappa shape index (κ3) is 2.84. The Morgan fingerprint density at radius 2 is 1.79 bits per heavy atom. The van der Waals surface area contributed by atoms with Crippen LogP contribution in [0.4, 0.5) is 11.4 Å². The Morgan fingerprint density at radius 3 is 2.42 bits per heavy atom. The minimum atomic E-state index is -0.140. The molecule has 0 aromatic heterocycles. The monoisotopic (exact) mass is 323 g/mol. The standard InChI is InChI=1S/C20H25N3O/c1-5-14(2)23-19(15-10-12-16(13-11-15)22(3)4)21-18-9-7-6-8-17(18)20(23)24/h6-14,19,21H,5H2,1-4H3. The van der Waals surface area contributed by atoms with Gasteiger partial charge in [0.1, 0.15) is 6.17 Å². The van der Waals surface area contributed by atoms with E-state index in [1.807, 2.05) is 43.3 Å². The Kier molecular flexibility index (Phi) is 4.47. The number of nitrogens with one attached hydrogen (secondary N) is 1. The van der Waals surface area contributed by atoms with Gasteiger partial charge in [-0.3, -0.25) is 4.79 Å². The number of amides is 1. The Bertz CT molecular complexity index is 724. The van der Waals surface area contributed by atoms with E-state index in [0.717, 1.165) is 28.9 Å². The molecule has 4 nitrogen and oxygen atoms in total. The first kappa shape index (κ1) is 16.4. The molecule has 126 valence electrons.